The molecule has 4 rings (SSSR count). The van der Waals surface area contributed by atoms with Gasteiger partial charge in [0.05, 0.1) is 18.1 Å². The molecule has 148 valence electrons. The molecule has 2 aromatic heterocycles. The van der Waals surface area contributed by atoms with Crippen molar-refractivity contribution < 1.29 is 4.79 Å². The molecule has 2 aromatic rings. The van der Waals surface area contributed by atoms with Crippen LogP contribution in [0.3, 0.4) is 0 Å². The van der Waals surface area contributed by atoms with Crippen LogP contribution in [0.25, 0.3) is 0 Å². The number of anilines is 2. The molecular weight excluding hydrogens is 352 g/mol. The van der Waals surface area contributed by atoms with E-state index in [1.807, 2.05) is 24.5 Å². The van der Waals surface area contributed by atoms with E-state index >= 15 is 0 Å². The Kier molecular flexibility index (Phi) is 5.99. The van der Waals surface area contributed by atoms with Crippen molar-refractivity contribution in [3.63, 3.8) is 0 Å². The zero-order valence-electron chi connectivity index (χ0n) is 16.3. The monoisotopic (exact) mass is 380 g/mol. The number of pyridine rings is 1. The van der Waals surface area contributed by atoms with Gasteiger partial charge in [-0.05, 0) is 49.8 Å². The average Bonchev–Trinajstić information content (AvgIpc) is 2.79. The van der Waals surface area contributed by atoms with Gasteiger partial charge in [0.1, 0.15) is 0 Å². The van der Waals surface area contributed by atoms with Crippen LogP contribution in [0.1, 0.15) is 37.7 Å². The summed E-state index contributed by atoms with van der Waals surface area (Å²) in [5, 5.41) is 3.05. The molecular formula is C21H28N6O. The maximum Gasteiger partial charge on any atom is 0.225 e. The quantitative estimate of drug-likeness (QED) is 0.859. The third-order valence-electron chi connectivity index (χ3n) is 5.71. The zero-order valence-corrected chi connectivity index (χ0v) is 16.3. The Balaban J connectivity index is 1.26. The first kappa shape index (κ1) is 18.7. The molecule has 0 unspecified atom stereocenters. The number of rotatable bonds is 5. The van der Waals surface area contributed by atoms with E-state index in [-0.39, 0.29) is 11.8 Å². The van der Waals surface area contributed by atoms with Crippen LogP contribution >= 0.6 is 0 Å². The highest BCUT2D eigenvalue weighted by atomic mass is 16.1. The number of amides is 1. The second-order valence-corrected chi connectivity index (χ2v) is 7.62. The van der Waals surface area contributed by atoms with Gasteiger partial charge in [-0.25, -0.2) is 9.97 Å². The molecule has 2 aliphatic heterocycles. The van der Waals surface area contributed by atoms with E-state index in [1.54, 1.807) is 12.4 Å². The highest BCUT2D eigenvalue weighted by Gasteiger charge is 2.25. The Hall–Kier alpha value is -2.70. The molecule has 0 atom stereocenters. The predicted molar refractivity (Wildman–Crippen MR) is 109 cm³/mol. The molecule has 2 aliphatic rings. The second-order valence-electron chi connectivity index (χ2n) is 7.62. The van der Waals surface area contributed by atoms with Crippen LogP contribution in [0.5, 0.6) is 0 Å². The topological polar surface area (TPSA) is 74.2 Å². The van der Waals surface area contributed by atoms with E-state index in [1.165, 1.54) is 19.3 Å². The molecule has 0 aromatic carbocycles. The number of hydrogen-bond donors (Lipinski definition) is 1. The van der Waals surface area contributed by atoms with Gasteiger partial charge in [0.2, 0.25) is 11.9 Å². The predicted octanol–water partition coefficient (Wildman–Crippen LogP) is 2.39. The van der Waals surface area contributed by atoms with Crippen LogP contribution in [-0.4, -0.2) is 47.0 Å². The number of hydrogen-bond acceptors (Lipinski definition) is 6. The van der Waals surface area contributed by atoms with E-state index in [0.717, 1.165) is 56.2 Å². The van der Waals surface area contributed by atoms with Crippen LogP contribution in [0, 0.1) is 5.92 Å². The van der Waals surface area contributed by atoms with Crippen molar-refractivity contribution in [2.24, 2.45) is 5.92 Å². The van der Waals surface area contributed by atoms with Crippen molar-refractivity contribution in [3.8, 4) is 0 Å². The standard InChI is InChI=1S/C21H28N6O/c28-20(23-14-17-4-8-22-9-5-17)18-6-12-26(13-7-18)19-15-24-21(25-16-19)27-10-2-1-3-11-27/h4-5,8-9,15-16,18H,1-3,6-7,10-14H2,(H,23,28). The summed E-state index contributed by atoms with van der Waals surface area (Å²) in [7, 11) is 0. The van der Waals surface area contributed by atoms with Gasteiger partial charge in [0.15, 0.2) is 0 Å². The van der Waals surface area contributed by atoms with E-state index in [0.29, 0.717) is 6.54 Å². The molecule has 2 saturated heterocycles. The van der Waals surface area contributed by atoms with Crippen LogP contribution in [0.15, 0.2) is 36.9 Å². The normalized spacial score (nSPS) is 18.1. The van der Waals surface area contributed by atoms with Crippen LogP contribution in [0.4, 0.5) is 11.6 Å². The molecule has 0 saturated carbocycles. The zero-order chi connectivity index (χ0) is 19.2. The van der Waals surface area contributed by atoms with Crippen LogP contribution < -0.4 is 15.1 Å². The summed E-state index contributed by atoms with van der Waals surface area (Å²) in [6, 6.07) is 3.85. The minimum absolute atomic E-state index is 0.0756. The summed E-state index contributed by atoms with van der Waals surface area (Å²) in [5.74, 6) is 1.06. The summed E-state index contributed by atoms with van der Waals surface area (Å²) in [4.78, 5) is 30.2. The van der Waals surface area contributed by atoms with Crippen molar-refractivity contribution >= 4 is 17.5 Å². The first-order valence-electron chi connectivity index (χ1n) is 10.3. The summed E-state index contributed by atoms with van der Waals surface area (Å²) in [6.45, 7) is 4.39. The Bertz CT molecular complexity index is 752. The lowest BCUT2D eigenvalue weighted by Crippen LogP contribution is -2.40. The van der Waals surface area contributed by atoms with E-state index in [4.69, 9.17) is 0 Å². The van der Waals surface area contributed by atoms with Crippen molar-refractivity contribution in [3.05, 3.63) is 42.5 Å². The fourth-order valence-corrected chi connectivity index (χ4v) is 3.97. The molecule has 7 nitrogen and oxygen atoms in total. The van der Waals surface area contributed by atoms with Crippen molar-refractivity contribution in [2.45, 2.75) is 38.6 Å². The van der Waals surface area contributed by atoms with Gasteiger partial charge in [-0.3, -0.25) is 9.78 Å². The summed E-state index contributed by atoms with van der Waals surface area (Å²) >= 11 is 0. The minimum atomic E-state index is 0.0756. The number of nitrogens with one attached hydrogen (secondary N) is 1. The number of piperidine rings is 2. The van der Waals surface area contributed by atoms with Crippen LogP contribution in [0.2, 0.25) is 0 Å². The molecule has 4 heterocycles. The molecule has 0 bridgehead atoms. The Morgan fingerprint density at radius 1 is 0.964 bits per heavy atom. The van der Waals surface area contributed by atoms with Gasteiger partial charge >= 0.3 is 0 Å². The van der Waals surface area contributed by atoms with Gasteiger partial charge in [-0.2, -0.15) is 0 Å². The van der Waals surface area contributed by atoms with Crippen molar-refractivity contribution in [1.29, 1.82) is 0 Å². The molecule has 0 radical (unpaired) electrons. The smallest absolute Gasteiger partial charge is 0.225 e. The summed E-state index contributed by atoms with van der Waals surface area (Å²) in [6.07, 6.45) is 12.8. The van der Waals surface area contributed by atoms with Gasteiger partial charge in [-0.15, -0.1) is 0 Å². The third kappa shape index (κ3) is 4.58. The van der Waals surface area contributed by atoms with Gasteiger partial charge in [-0.1, -0.05) is 0 Å². The molecule has 7 heteroatoms. The molecule has 28 heavy (non-hydrogen) atoms. The molecule has 1 N–H and O–H groups in total. The maximum absolute atomic E-state index is 12.5. The minimum Gasteiger partial charge on any atom is -0.369 e. The van der Waals surface area contributed by atoms with Gasteiger partial charge < -0.3 is 15.1 Å². The second kappa shape index (κ2) is 8.99. The van der Waals surface area contributed by atoms with E-state index in [9.17, 15) is 4.79 Å². The lowest BCUT2D eigenvalue weighted by atomic mass is 9.95. The summed E-state index contributed by atoms with van der Waals surface area (Å²) in [5.41, 5.74) is 2.13. The van der Waals surface area contributed by atoms with Crippen molar-refractivity contribution in [2.75, 3.05) is 36.0 Å². The van der Waals surface area contributed by atoms with E-state index in [2.05, 4.69) is 30.1 Å². The first-order valence-corrected chi connectivity index (χ1v) is 10.3. The fraction of sp³-hybridized carbons (Fsp3) is 0.524. The SMILES string of the molecule is O=C(NCc1ccncc1)C1CCN(c2cnc(N3CCCCC3)nc2)CC1. The molecule has 0 spiro atoms. The lowest BCUT2D eigenvalue weighted by Gasteiger charge is -2.33. The average molecular weight is 380 g/mol. The molecule has 1 amide bonds. The maximum atomic E-state index is 12.5. The Labute approximate surface area is 166 Å². The third-order valence-corrected chi connectivity index (χ3v) is 5.71. The van der Waals surface area contributed by atoms with Gasteiger partial charge in [0, 0.05) is 51.0 Å². The van der Waals surface area contributed by atoms with Crippen molar-refractivity contribution in [1.82, 2.24) is 20.3 Å². The number of nitrogens with zero attached hydrogens (tertiary/aromatic N) is 5. The first-order chi connectivity index (χ1) is 13.8. The largest absolute Gasteiger partial charge is 0.369 e. The summed E-state index contributed by atoms with van der Waals surface area (Å²) < 4.78 is 0. The number of aromatic nitrogens is 3. The van der Waals surface area contributed by atoms with Crippen LogP contribution in [-0.2, 0) is 11.3 Å². The Morgan fingerprint density at radius 3 is 2.32 bits per heavy atom. The fourth-order valence-electron chi connectivity index (χ4n) is 3.97. The highest BCUT2D eigenvalue weighted by Crippen LogP contribution is 2.24. The Morgan fingerprint density at radius 2 is 1.64 bits per heavy atom. The highest BCUT2D eigenvalue weighted by molar-refractivity contribution is 5.79. The number of carbonyl (C=O) groups excluding carboxylic acids is 1. The van der Waals surface area contributed by atoms with E-state index < -0.39 is 0 Å². The van der Waals surface area contributed by atoms with Gasteiger partial charge in [0.25, 0.3) is 0 Å². The molecule has 0 aliphatic carbocycles. The molecule has 2 fully saturated rings. The lowest BCUT2D eigenvalue weighted by molar-refractivity contribution is -0.125. The number of carbonyl (C=O) groups is 1.